The molecule has 1 aliphatic rings. The summed E-state index contributed by atoms with van der Waals surface area (Å²) in [5, 5.41) is 0. The van der Waals surface area contributed by atoms with Crippen LogP contribution in [0.1, 0.15) is 97.3 Å². The molecular formula is C19H38O. The van der Waals surface area contributed by atoms with Crippen molar-refractivity contribution < 1.29 is 4.74 Å². The van der Waals surface area contributed by atoms with E-state index in [2.05, 4.69) is 26.0 Å². The minimum Gasteiger partial charge on any atom is -0.381 e. The van der Waals surface area contributed by atoms with Gasteiger partial charge in [-0.05, 0) is 39.0 Å². The molecule has 20 heavy (non-hydrogen) atoms. The molecule has 0 radical (unpaired) electrons. The van der Waals surface area contributed by atoms with Crippen LogP contribution in [-0.4, -0.2) is 13.2 Å². The molecule has 1 heterocycles. The fourth-order valence-corrected chi connectivity index (χ4v) is 2.43. The van der Waals surface area contributed by atoms with E-state index < -0.39 is 0 Å². The minimum absolute atomic E-state index is 1.00. The molecule has 1 rings (SSSR count). The molecule has 0 unspecified atom stereocenters. The predicted octanol–water partition coefficient (Wildman–Crippen LogP) is 6.67. The van der Waals surface area contributed by atoms with E-state index in [4.69, 9.17) is 4.74 Å². The molecule has 0 aromatic rings. The maximum Gasteiger partial charge on any atom is 0.0466 e. The normalized spacial score (nSPS) is 15.1. The Hall–Kier alpha value is -0.300. The summed E-state index contributed by atoms with van der Waals surface area (Å²) >= 11 is 0. The van der Waals surface area contributed by atoms with Gasteiger partial charge in [-0.3, -0.25) is 0 Å². The lowest BCUT2D eigenvalue weighted by molar-refractivity contribution is 0.0968. The zero-order valence-corrected chi connectivity index (χ0v) is 14.2. The molecule has 0 N–H and O–H groups in total. The Morgan fingerprint density at radius 3 is 1.70 bits per heavy atom. The van der Waals surface area contributed by atoms with E-state index in [0.29, 0.717) is 0 Å². The zero-order valence-electron chi connectivity index (χ0n) is 14.2. The second-order valence-electron chi connectivity index (χ2n) is 5.86. The van der Waals surface area contributed by atoms with Gasteiger partial charge >= 0.3 is 0 Å². The summed E-state index contributed by atoms with van der Waals surface area (Å²) in [6, 6.07) is 0. The first-order valence-corrected chi connectivity index (χ1v) is 9.10. The van der Waals surface area contributed by atoms with Gasteiger partial charge in [0.25, 0.3) is 0 Å². The summed E-state index contributed by atoms with van der Waals surface area (Å²) in [7, 11) is 0. The Morgan fingerprint density at radius 2 is 1.30 bits per heavy atom. The summed E-state index contributed by atoms with van der Waals surface area (Å²) in [6.07, 6.45) is 22.5. The monoisotopic (exact) mass is 282 g/mol. The number of ether oxygens (including phenoxy) is 1. The van der Waals surface area contributed by atoms with Crippen LogP contribution in [0.4, 0.5) is 0 Å². The lowest BCUT2D eigenvalue weighted by atomic mass is 10.1. The largest absolute Gasteiger partial charge is 0.381 e. The number of unbranched alkanes of at least 4 members (excludes halogenated alkanes) is 9. The smallest absolute Gasteiger partial charge is 0.0466 e. The SMILES string of the molecule is C/C=C/CCCCCCCCCCC.C1CCOCC1. The maximum absolute atomic E-state index is 5.07. The fourth-order valence-electron chi connectivity index (χ4n) is 2.43. The van der Waals surface area contributed by atoms with Crippen molar-refractivity contribution in [3.8, 4) is 0 Å². The second-order valence-corrected chi connectivity index (χ2v) is 5.86. The molecule has 1 nitrogen and oxygen atoms in total. The van der Waals surface area contributed by atoms with Crippen LogP contribution in [0.3, 0.4) is 0 Å². The molecule has 0 spiro atoms. The topological polar surface area (TPSA) is 9.23 Å². The van der Waals surface area contributed by atoms with Gasteiger partial charge in [0, 0.05) is 13.2 Å². The van der Waals surface area contributed by atoms with Gasteiger partial charge in [0.1, 0.15) is 0 Å². The second kappa shape index (κ2) is 18.7. The molecule has 0 aromatic heterocycles. The average Bonchev–Trinajstić information content (AvgIpc) is 2.52. The van der Waals surface area contributed by atoms with E-state index in [1.807, 2.05) is 0 Å². The van der Waals surface area contributed by atoms with Gasteiger partial charge in [-0.2, -0.15) is 0 Å². The van der Waals surface area contributed by atoms with Crippen molar-refractivity contribution >= 4 is 0 Å². The van der Waals surface area contributed by atoms with Crippen LogP contribution < -0.4 is 0 Å². The summed E-state index contributed by atoms with van der Waals surface area (Å²) in [4.78, 5) is 0. The van der Waals surface area contributed by atoms with E-state index in [0.717, 1.165) is 13.2 Å². The predicted molar refractivity (Wildman–Crippen MR) is 91.3 cm³/mol. The van der Waals surface area contributed by atoms with Gasteiger partial charge in [-0.15, -0.1) is 0 Å². The molecule has 0 aliphatic carbocycles. The van der Waals surface area contributed by atoms with Crippen LogP contribution in [0.25, 0.3) is 0 Å². The highest BCUT2D eigenvalue weighted by Crippen LogP contribution is 2.10. The molecule has 0 aromatic carbocycles. The maximum atomic E-state index is 5.07. The van der Waals surface area contributed by atoms with E-state index in [1.54, 1.807) is 0 Å². The van der Waals surface area contributed by atoms with Crippen LogP contribution in [0.2, 0.25) is 0 Å². The Kier molecular flexibility index (Phi) is 18.4. The van der Waals surface area contributed by atoms with Crippen molar-refractivity contribution in [1.29, 1.82) is 0 Å². The van der Waals surface area contributed by atoms with E-state index in [1.165, 1.54) is 83.5 Å². The summed E-state index contributed by atoms with van der Waals surface area (Å²) in [5.74, 6) is 0. The molecule has 1 heteroatoms. The molecule has 120 valence electrons. The van der Waals surface area contributed by atoms with Crippen molar-refractivity contribution in [1.82, 2.24) is 0 Å². The highest BCUT2D eigenvalue weighted by atomic mass is 16.5. The van der Waals surface area contributed by atoms with Gasteiger partial charge in [-0.1, -0.05) is 70.4 Å². The van der Waals surface area contributed by atoms with Crippen LogP contribution in [-0.2, 0) is 4.74 Å². The van der Waals surface area contributed by atoms with E-state index >= 15 is 0 Å². The van der Waals surface area contributed by atoms with Crippen LogP contribution in [0.5, 0.6) is 0 Å². The fraction of sp³-hybridized carbons (Fsp3) is 0.895. The molecular weight excluding hydrogens is 244 g/mol. The first kappa shape index (κ1) is 19.7. The van der Waals surface area contributed by atoms with Crippen LogP contribution >= 0.6 is 0 Å². The third-order valence-electron chi connectivity index (χ3n) is 3.79. The Labute approximate surface area is 128 Å². The number of rotatable bonds is 10. The zero-order chi connectivity index (χ0) is 14.7. The van der Waals surface area contributed by atoms with E-state index in [-0.39, 0.29) is 0 Å². The molecule has 0 saturated carbocycles. The lowest BCUT2D eigenvalue weighted by Gasteiger charge is -2.08. The highest BCUT2D eigenvalue weighted by Gasteiger charge is 1.95. The number of hydrogen-bond acceptors (Lipinski definition) is 1. The molecule has 0 atom stereocenters. The quantitative estimate of drug-likeness (QED) is 0.321. The Bertz CT molecular complexity index is 171. The van der Waals surface area contributed by atoms with Gasteiger partial charge in [-0.25, -0.2) is 0 Å². The van der Waals surface area contributed by atoms with E-state index in [9.17, 15) is 0 Å². The average molecular weight is 283 g/mol. The van der Waals surface area contributed by atoms with Gasteiger partial charge in [0.2, 0.25) is 0 Å². The first-order chi connectivity index (χ1) is 9.91. The van der Waals surface area contributed by atoms with Crippen molar-refractivity contribution in [2.45, 2.75) is 97.3 Å². The molecule has 0 amide bonds. The Morgan fingerprint density at radius 1 is 0.750 bits per heavy atom. The van der Waals surface area contributed by atoms with Crippen molar-refractivity contribution in [3.63, 3.8) is 0 Å². The minimum atomic E-state index is 1.00. The molecule has 0 bridgehead atoms. The highest BCUT2D eigenvalue weighted by molar-refractivity contribution is 4.76. The summed E-state index contributed by atoms with van der Waals surface area (Å²) in [5.41, 5.74) is 0. The van der Waals surface area contributed by atoms with Gasteiger partial charge in [0.05, 0.1) is 0 Å². The van der Waals surface area contributed by atoms with Crippen molar-refractivity contribution in [2.75, 3.05) is 13.2 Å². The first-order valence-electron chi connectivity index (χ1n) is 9.10. The van der Waals surface area contributed by atoms with Crippen molar-refractivity contribution in [3.05, 3.63) is 12.2 Å². The van der Waals surface area contributed by atoms with Crippen LogP contribution in [0, 0.1) is 0 Å². The standard InChI is InChI=1S/C14H28.C5H10O/c1-3-5-7-9-11-13-14-12-10-8-6-4-2;1-2-4-6-5-3-1/h3,5H,4,6-14H2,1-2H3;1-5H2/b5-3+;. The summed E-state index contributed by atoms with van der Waals surface area (Å²) < 4.78 is 5.07. The third-order valence-corrected chi connectivity index (χ3v) is 3.79. The number of hydrogen-bond donors (Lipinski definition) is 0. The molecule has 1 saturated heterocycles. The number of allylic oxidation sites excluding steroid dienone is 2. The Balaban J connectivity index is 0.000000493. The summed E-state index contributed by atoms with van der Waals surface area (Å²) in [6.45, 7) is 6.38. The molecule has 1 aliphatic heterocycles. The van der Waals surface area contributed by atoms with Crippen LogP contribution in [0.15, 0.2) is 12.2 Å². The molecule has 1 fully saturated rings. The van der Waals surface area contributed by atoms with Gasteiger partial charge < -0.3 is 4.74 Å². The van der Waals surface area contributed by atoms with Crippen molar-refractivity contribution in [2.24, 2.45) is 0 Å². The van der Waals surface area contributed by atoms with Gasteiger partial charge in [0.15, 0.2) is 0 Å². The third kappa shape index (κ3) is 17.7. The lowest BCUT2D eigenvalue weighted by Crippen LogP contribution is -2.03.